The van der Waals surface area contributed by atoms with Crippen LogP contribution < -0.4 is 5.32 Å². The molecule has 1 N–H and O–H groups in total. The molecule has 0 aliphatic rings. The predicted octanol–water partition coefficient (Wildman–Crippen LogP) is 2.76. The van der Waals surface area contributed by atoms with Crippen LogP contribution >= 0.6 is 0 Å². The molecule has 0 saturated carbocycles. The van der Waals surface area contributed by atoms with E-state index >= 15 is 0 Å². The minimum absolute atomic E-state index is 0.322. The highest BCUT2D eigenvalue weighted by atomic mass is 16.5. The summed E-state index contributed by atoms with van der Waals surface area (Å²) in [5.74, 6) is 0. The fraction of sp³-hybridized carbons (Fsp3) is 0.538. The zero-order valence-electron chi connectivity index (χ0n) is 9.70. The standard InChI is InChI=1S/C13H21NO/c1-3-10-15-11-13(14-4-2)12-8-6-5-7-9-12/h5-9,13-14H,3-4,10-11H2,1-2H3. The van der Waals surface area contributed by atoms with E-state index in [-0.39, 0.29) is 0 Å². The first kappa shape index (κ1) is 12.2. The van der Waals surface area contributed by atoms with Crippen LogP contribution in [0.5, 0.6) is 0 Å². The third-order valence-electron chi connectivity index (χ3n) is 2.29. The van der Waals surface area contributed by atoms with Gasteiger partial charge in [0.1, 0.15) is 0 Å². The smallest absolute Gasteiger partial charge is 0.0661 e. The Morgan fingerprint density at radius 3 is 2.53 bits per heavy atom. The lowest BCUT2D eigenvalue weighted by Crippen LogP contribution is -2.25. The summed E-state index contributed by atoms with van der Waals surface area (Å²) < 4.78 is 5.59. The molecule has 15 heavy (non-hydrogen) atoms. The van der Waals surface area contributed by atoms with Crippen LogP contribution in [0, 0.1) is 0 Å². The molecule has 1 unspecified atom stereocenters. The van der Waals surface area contributed by atoms with Crippen molar-refractivity contribution >= 4 is 0 Å². The number of ether oxygens (including phenoxy) is 1. The fourth-order valence-electron chi connectivity index (χ4n) is 1.55. The minimum atomic E-state index is 0.322. The van der Waals surface area contributed by atoms with Gasteiger partial charge >= 0.3 is 0 Å². The van der Waals surface area contributed by atoms with Gasteiger partial charge < -0.3 is 10.1 Å². The van der Waals surface area contributed by atoms with Crippen LogP contribution in [0.25, 0.3) is 0 Å². The van der Waals surface area contributed by atoms with Crippen LogP contribution in [-0.2, 0) is 4.74 Å². The highest BCUT2D eigenvalue weighted by Gasteiger charge is 2.08. The average Bonchev–Trinajstić information content (AvgIpc) is 2.29. The summed E-state index contributed by atoms with van der Waals surface area (Å²) in [4.78, 5) is 0. The Bertz CT molecular complexity index is 248. The van der Waals surface area contributed by atoms with Gasteiger partial charge in [-0.1, -0.05) is 44.2 Å². The molecule has 2 heteroatoms. The third kappa shape index (κ3) is 4.45. The molecule has 0 heterocycles. The monoisotopic (exact) mass is 207 g/mol. The van der Waals surface area contributed by atoms with E-state index in [2.05, 4.69) is 43.4 Å². The maximum Gasteiger partial charge on any atom is 0.0661 e. The normalized spacial score (nSPS) is 12.7. The summed E-state index contributed by atoms with van der Waals surface area (Å²) in [6, 6.07) is 10.8. The molecule has 0 aromatic heterocycles. The van der Waals surface area contributed by atoms with E-state index in [0.717, 1.165) is 26.2 Å². The largest absolute Gasteiger partial charge is 0.379 e. The van der Waals surface area contributed by atoms with E-state index in [1.807, 2.05) is 6.07 Å². The van der Waals surface area contributed by atoms with E-state index in [1.54, 1.807) is 0 Å². The van der Waals surface area contributed by atoms with Gasteiger partial charge in [0.15, 0.2) is 0 Å². The Labute approximate surface area is 92.6 Å². The molecule has 0 amide bonds. The van der Waals surface area contributed by atoms with E-state index < -0.39 is 0 Å². The maximum absolute atomic E-state index is 5.59. The fourth-order valence-corrected chi connectivity index (χ4v) is 1.55. The Hall–Kier alpha value is -0.860. The summed E-state index contributed by atoms with van der Waals surface area (Å²) in [7, 11) is 0. The van der Waals surface area contributed by atoms with Crippen LogP contribution in [0.15, 0.2) is 30.3 Å². The maximum atomic E-state index is 5.59. The van der Waals surface area contributed by atoms with Gasteiger partial charge in [-0.15, -0.1) is 0 Å². The number of nitrogens with one attached hydrogen (secondary N) is 1. The third-order valence-corrected chi connectivity index (χ3v) is 2.29. The molecule has 1 aromatic carbocycles. The minimum Gasteiger partial charge on any atom is -0.379 e. The van der Waals surface area contributed by atoms with E-state index in [0.29, 0.717) is 6.04 Å². The number of hydrogen-bond acceptors (Lipinski definition) is 2. The molecule has 0 saturated heterocycles. The summed E-state index contributed by atoms with van der Waals surface area (Å²) in [5.41, 5.74) is 1.30. The lowest BCUT2D eigenvalue weighted by molar-refractivity contribution is 0.112. The SMILES string of the molecule is CCCOCC(NCC)c1ccccc1. The molecule has 0 spiro atoms. The lowest BCUT2D eigenvalue weighted by atomic mass is 10.1. The molecular formula is C13H21NO. The average molecular weight is 207 g/mol. The molecular weight excluding hydrogens is 186 g/mol. The Kier molecular flexibility index (Phi) is 6.05. The van der Waals surface area contributed by atoms with Gasteiger partial charge in [0.25, 0.3) is 0 Å². The van der Waals surface area contributed by atoms with E-state index in [1.165, 1.54) is 5.56 Å². The first-order valence-corrected chi connectivity index (χ1v) is 5.74. The predicted molar refractivity (Wildman–Crippen MR) is 64.0 cm³/mol. The topological polar surface area (TPSA) is 21.3 Å². The van der Waals surface area contributed by atoms with Crippen molar-refractivity contribution in [3.8, 4) is 0 Å². The molecule has 0 bridgehead atoms. The van der Waals surface area contributed by atoms with Gasteiger partial charge in [-0.25, -0.2) is 0 Å². The van der Waals surface area contributed by atoms with Crippen LogP contribution in [-0.4, -0.2) is 19.8 Å². The molecule has 84 valence electrons. The van der Waals surface area contributed by atoms with E-state index in [4.69, 9.17) is 4.74 Å². The first-order chi connectivity index (χ1) is 7.38. The lowest BCUT2D eigenvalue weighted by Gasteiger charge is -2.18. The van der Waals surface area contributed by atoms with Gasteiger partial charge in [0, 0.05) is 6.61 Å². The van der Waals surface area contributed by atoms with Crippen molar-refractivity contribution in [2.75, 3.05) is 19.8 Å². The van der Waals surface area contributed by atoms with E-state index in [9.17, 15) is 0 Å². The molecule has 2 nitrogen and oxygen atoms in total. The van der Waals surface area contributed by atoms with Crippen molar-refractivity contribution in [2.24, 2.45) is 0 Å². The first-order valence-electron chi connectivity index (χ1n) is 5.74. The molecule has 0 radical (unpaired) electrons. The van der Waals surface area contributed by atoms with Crippen molar-refractivity contribution in [1.29, 1.82) is 0 Å². The summed E-state index contributed by atoms with van der Waals surface area (Å²) in [6.07, 6.45) is 1.08. The van der Waals surface area contributed by atoms with Crippen molar-refractivity contribution in [3.63, 3.8) is 0 Å². The van der Waals surface area contributed by atoms with Crippen molar-refractivity contribution in [3.05, 3.63) is 35.9 Å². The van der Waals surface area contributed by atoms with Crippen LogP contribution in [0.3, 0.4) is 0 Å². The second-order valence-electron chi connectivity index (χ2n) is 3.60. The number of rotatable bonds is 7. The molecule has 0 fully saturated rings. The Morgan fingerprint density at radius 1 is 1.20 bits per heavy atom. The highest BCUT2D eigenvalue weighted by Crippen LogP contribution is 2.12. The summed E-state index contributed by atoms with van der Waals surface area (Å²) in [5, 5.41) is 3.43. The zero-order chi connectivity index (χ0) is 10.9. The number of hydrogen-bond donors (Lipinski definition) is 1. The van der Waals surface area contributed by atoms with Gasteiger partial charge in [0.05, 0.1) is 12.6 Å². The van der Waals surface area contributed by atoms with Gasteiger partial charge in [-0.05, 0) is 18.5 Å². The second kappa shape index (κ2) is 7.43. The van der Waals surface area contributed by atoms with Gasteiger partial charge in [-0.3, -0.25) is 0 Å². The number of benzene rings is 1. The quantitative estimate of drug-likeness (QED) is 0.694. The van der Waals surface area contributed by atoms with Crippen LogP contribution in [0.4, 0.5) is 0 Å². The highest BCUT2D eigenvalue weighted by molar-refractivity contribution is 5.18. The molecule has 1 rings (SSSR count). The van der Waals surface area contributed by atoms with Gasteiger partial charge in [-0.2, -0.15) is 0 Å². The van der Waals surface area contributed by atoms with Crippen molar-refractivity contribution < 1.29 is 4.74 Å². The molecule has 0 aliphatic heterocycles. The Balaban J connectivity index is 2.50. The Morgan fingerprint density at radius 2 is 1.93 bits per heavy atom. The van der Waals surface area contributed by atoms with Crippen molar-refractivity contribution in [1.82, 2.24) is 5.32 Å². The molecule has 0 aliphatic carbocycles. The summed E-state index contributed by atoms with van der Waals surface area (Å²) >= 11 is 0. The van der Waals surface area contributed by atoms with Crippen LogP contribution in [0.2, 0.25) is 0 Å². The second-order valence-corrected chi connectivity index (χ2v) is 3.60. The molecule has 1 aromatic rings. The van der Waals surface area contributed by atoms with Gasteiger partial charge in [0.2, 0.25) is 0 Å². The summed E-state index contributed by atoms with van der Waals surface area (Å²) in [6.45, 7) is 6.82. The van der Waals surface area contributed by atoms with Crippen molar-refractivity contribution in [2.45, 2.75) is 26.3 Å². The molecule has 1 atom stereocenters. The number of likely N-dealkylation sites (N-methyl/N-ethyl adjacent to an activating group) is 1. The zero-order valence-corrected chi connectivity index (χ0v) is 9.70. The van der Waals surface area contributed by atoms with Crippen LogP contribution in [0.1, 0.15) is 31.9 Å².